The lowest BCUT2D eigenvalue weighted by Gasteiger charge is -2.26. The van der Waals surface area contributed by atoms with E-state index in [2.05, 4.69) is 25.5 Å². The molecule has 5 rings (SSSR count). The molecule has 0 saturated carbocycles. The van der Waals surface area contributed by atoms with E-state index in [9.17, 15) is 9.18 Å². The molecule has 1 aliphatic heterocycles. The van der Waals surface area contributed by atoms with Gasteiger partial charge in [0.15, 0.2) is 0 Å². The first-order chi connectivity index (χ1) is 19.4. The summed E-state index contributed by atoms with van der Waals surface area (Å²) in [5, 5.41) is 5.68. The summed E-state index contributed by atoms with van der Waals surface area (Å²) < 4.78 is 35.2. The third-order valence-electron chi connectivity index (χ3n) is 7.68. The molecule has 10 heteroatoms. The highest BCUT2D eigenvalue weighted by molar-refractivity contribution is 6.33. The first-order valence-corrected chi connectivity index (χ1v) is 14.3. The van der Waals surface area contributed by atoms with Crippen LogP contribution in [-0.4, -0.2) is 47.1 Å². The van der Waals surface area contributed by atoms with Crippen molar-refractivity contribution in [1.82, 2.24) is 20.2 Å². The van der Waals surface area contributed by atoms with Crippen molar-refractivity contribution in [2.75, 3.05) is 31.6 Å². The predicted molar refractivity (Wildman–Crippen MR) is 152 cm³/mol. The number of benzene rings is 1. The smallest absolute Gasteiger partial charge is 0.319 e. The Morgan fingerprint density at radius 2 is 1.95 bits per heavy atom. The highest BCUT2D eigenvalue weighted by atomic mass is 35.5. The maximum Gasteiger partial charge on any atom is 0.319 e. The van der Waals surface area contributed by atoms with Gasteiger partial charge in [0, 0.05) is 41.7 Å². The lowest BCUT2D eigenvalue weighted by atomic mass is 9.99. The Morgan fingerprint density at radius 1 is 1.12 bits per heavy atom. The third kappa shape index (κ3) is 6.88. The number of hydrogen-bond acceptors (Lipinski definition) is 5. The largest absolute Gasteiger partial charge is 0.476 e. The van der Waals surface area contributed by atoms with Crippen LogP contribution in [-0.2, 0) is 6.42 Å². The molecular weight excluding hydrogens is 536 g/mol. The number of urea groups is 1. The maximum absolute atomic E-state index is 15.1. The van der Waals surface area contributed by atoms with Gasteiger partial charge in [-0.1, -0.05) is 24.9 Å². The first kappa shape index (κ1) is 28.2. The number of carbonyl (C=O) groups is 1. The van der Waals surface area contributed by atoms with Gasteiger partial charge in [-0.25, -0.2) is 19.2 Å². The molecule has 2 N–H and O–H groups in total. The quantitative estimate of drug-likeness (QED) is 0.242. The SMILES string of the molecule is C[C@H]1CC[C@@H](NC(=O)Nc2cc(Cl)c(-c3ccc(OCCN4CCCCC4)nc3)cc2F)c2ccnc(F)c2C1. The van der Waals surface area contributed by atoms with E-state index >= 15 is 4.39 Å². The zero-order chi connectivity index (χ0) is 28.1. The van der Waals surface area contributed by atoms with Crippen molar-refractivity contribution >= 4 is 23.3 Å². The van der Waals surface area contributed by atoms with Crippen LogP contribution in [0, 0.1) is 17.7 Å². The van der Waals surface area contributed by atoms with E-state index in [1.807, 2.05) is 6.92 Å². The van der Waals surface area contributed by atoms with Gasteiger partial charge >= 0.3 is 6.03 Å². The molecule has 2 amide bonds. The number of pyridine rings is 2. The number of likely N-dealkylation sites (tertiary alicyclic amines) is 1. The second-order valence-corrected chi connectivity index (χ2v) is 11.1. The van der Waals surface area contributed by atoms with E-state index in [4.69, 9.17) is 16.3 Å². The van der Waals surface area contributed by atoms with Crippen molar-refractivity contribution in [1.29, 1.82) is 0 Å². The van der Waals surface area contributed by atoms with Crippen molar-refractivity contribution in [3.63, 3.8) is 0 Å². The van der Waals surface area contributed by atoms with Crippen LogP contribution < -0.4 is 15.4 Å². The third-order valence-corrected chi connectivity index (χ3v) is 7.99. The molecule has 0 unspecified atom stereocenters. The minimum Gasteiger partial charge on any atom is -0.476 e. The molecule has 1 aromatic carbocycles. The zero-order valence-electron chi connectivity index (χ0n) is 22.6. The Balaban J connectivity index is 1.21. The fraction of sp³-hybridized carbons (Fsp3) is 0.433. The van der Waals surface area contributed by atoms with Crippen LogP contribution in [0.3, 0.4) is 0 Å². The number of fused-ring (bicyclic) bond motifs is 1. The summed E-state index contributed by atoms with van der Waals surface area (Å²) in [5.74, 6) is -0.400. The number of ether oxygens (including phenoxy) is 1. The molecule has 0 spiro atoms. The van der Waals surface area contributed by atoms with Gasteiger partial charge in [0.2, 0.25) is 11.8 Å². The molecule has 2 atom stereocenters. The lowest BCUT2D eigenvalue weighted by Crippen LogP contribution is -2.33. The Kier molecular flexibility index (Phi) is 9.11. The van der Waals surface area contributed by atoms with Crippen molar-refractivity contribution in [2.45, 2.75) is 51.5 Å². The summed E-state index contributed by atoms with van der Waals surface area (Å²) in [6.07, 6.45) is 8.76. The molecule has 0 radical (unpaired) electrons. The summed E-state index contributed by atoms with van der Waals surface area (Å²) in [5.41, 5.74) is 2.24. The van der Waals surface area contributed by atoms with Crippen LogP contribution in [0.2, 0.25) is 5.02 Å². The topological polar surface area (TPSA) is 79.4 Å². The van der Waals surface area contributed by atoms with Gasteiger partial charge in [-0.2, -0.15) is 4.39 Å². The Bertz CT molecular complexity index is 1330. The molecule has 2 aliphatic rings. The van der Waals surface area contributed by atoms with Crippen LogP contribution in [0.15, 0.2) is 42.7 Å². The molecule has 1 fully saturated rings. The number of carbonyl (C=O) groups excluding carboxylic acids is 1. The number of halogens is 3. The van der Waals surface area contributed by atoms with Gasteiger partial charge in [0.1, 0.15) is 12.4 Å². The van der Waals surface area contributed by atoms with Crippen LogP contribution in [0.1, 0.15) is 56.2 Å². The number of piperidine rings is 1. The Morgan fingerprint density at radius 3 is 2.73 bits per heavy atom. The van der Waals surface area contributed by atoms with Crippen LogP contribution in [0.25, 0.3) is 11.1 Å². The number of amides is 2. The van der Waals surface area contributed by atoms with Crippen molar-refractivity contribution in [3.05, 3.63) is 70.6 Å². The second kappa shape index (κ2) is 12.9. The molecule has 212 valence electrons. The number of hydrogen-bond donors (Lipinski definition) is 2. The van der Waals surface area contributed by atoms with Crippen molar-refractivity contribution in [2.24, 2.45) is 5.92 Å². The van der Waals surface area contributed by atoms with Gasteiger partial charge in [0.05, 0.1) is 16.8 Å². The zero-order valence-corrected chi connectivity index (χ0v) is 23.3. The molecule has 7 nitrogen and oxygen atoms in total. The molecule has 1 aliphatic carbocycles. The van der Waals surface area contributed by atoms with Gasteiger partial charge in [0.25, 0.3) is 0 Å². The number of anilines is 1. The van der Waals surface area contributed by atoms with E-state index in [0.29, 0.717) is 47.6 Å². The summed E-state index contributed by atoms with van der Waals surface area (Å²) in [6.45, 7) is 5.68. The van der Waals surface area contributed by atoms with Crippen molar-refractivity contribution < 1.29 is 18.3 Å². The van der Waals surface area contributed by atoms with E-state index < -0.39 is 23.8 Å². The predicted octanol–water partition coefficient (Wildman–Crippen LogP) is 6.78. The standard InChI is InChI=1S/C30H34ClF2N5O2/c1-19-5-7-26(21-9-10-34-29(33)23(21)15-19)36-30(39)37-27-17-24(31)22(16-25(27)32)20-6-8-28(35-18-20)40-14-13-38-11-3-2-4-12-38/h6,8-10,16-19,26H,2-5,7,11-15H2,1H3,(H2,36,37,39)/t19-,26+/m0/s1. The summed E-state index contributed by atoms with van der Waals surface area (Å²) >= 11 is 6.49. The number of nitrogens with one attached hydrogen (secondary N) is 2. The fourth-order valence-electron chi connectivity index (χ4n) is 5.48. The highest BCUT2D eigenvalue weighted by Gasteiger charge is 2.26. The van der Waals surface area contributed by atoms with E-state index in [1.54, 1.807) is 24.4 Å². The second-order valence-electron chi connectivity index (χ2n) is 10.7. The van der Waals surface area contributed by atoms with Crippen LogP contribution >= 0.6 is 11.6 Å². The maximum atomic E-state index is 15.1. The van der Waals surface area contributed by atoms with E-state index in [0.717, 1.165) is 26.1 Å². The van der Waals surface area contributed by atoms with Gasteiger partial charge in [-0.15, -0.1) is 0 Å². The number of rotatable bonds is 7. The molecule has 1 saturated heterocycles. The average molecular weight is 570 g/mol. The molecule has 3 heterocycles. The first-order valence-electron chi connectivity index (χ1n) is 13.9. The fourth-order valence-corrected chi connectivity index (χ4v) is 5.76. The lowest BCUT2D eigenvalue weighted by molar-refractivity contribution is 0.180. The van der Waals surface area contributed by atoms with Gasteiger partial charge < -0.3 is 15.4 Å². The molecular formula is C30H34ClF2N5O2. The monoisotopic (exact) mass is 569 g/mol. The van der Waals surface area contributed by atoms with Crippen LogP contribution in [0.5, 0.6) is 5.88 Å². The number of nitrogens with zero attached hydrogens (tertiary/aromatic N) is 3. The normalized spacial score (nSPS) is 19.4. The molecule has 2 aromatic heterocycles. The van der Waals surface area contributed by atoms with Crippen molar-refractivity contribution in [3.8, 4) is 17.0 Å². The van der Waals surface area contributed by atoms with E-state index in [-0.39, 0.29) is 16.6 Å². The Labute approximate surface area is 238 Å². The minimum absolute atomic E-state index is 0.0556. The van der Waals surface area contributed by atoms with Gasteiger partial charge in [-0.05, 0) is 80.9 Å². The average Bonchev–Trinajstić information content (AvgIpc) is 3.11. The Hall–Kier alpha value is -3.30. The van der Waals surface area contributed by atoms with Crippen LogP contribution in [0.4, 0.5) is 19.3 Å². The highest BCUT2D eigenvalue weighted by Crippen LogP contribution is 2.34. The van der Waals surface area contributed by atoms with E-state index in [1.165, 1.54) is 37.6 Å². The molecule has 0 bridgehead atoms. The summed E-state index contributed by atoms with van der Waals surface area (Å²) in [7, 11) is 0. The molecule has 40 heavy (non-hydrogen) atoms. The summed E-state index contributed by atoms with van der Waals surface area (Å²) in [6, 6.07) is 6.88. The van der Waals surface area contributed by atoms with Gasteiger partial charge in [-0.3, -0.25) is 4.90 Å². The minimum atomic E-state index is -0.637. The number of aromatic nitrogens is 2. The summed E-state index contributed by atoms with van der Waals surface area (Å²) in [4.78, 5) is 23.4. The molecule has 3 aromatic rings.